The van der Waals surface area contributed by atoms with Crippen LogP contribution in [-0.4, -0.2) is 10.9 Å². The van der Waals surface area contributed by atoms with E-state index >= 15 is 0 Å². The summed E-state index contributed by atoms with van der Waals surface area (Å²) in [7, 11) is 2.89. The summed E-state index contributed by atoms with van der Waals surface area (Å²) in [4.78, 5) is 20.7. The Bertz CT molecular complexity index is 348. The lowest BCUT2D eigenvalue weighted by molar-refractivity contribution is -0.385. The summed E-state index contributed by atoms with van der Waals surface area (Å²) in [5.74, 6) is -0.813. The van der Waals surface area contributed by atoms with E-state index in [1.54, 1.807) is 0 Å². The van der Waals surface area contributed by atoms with Gasteiger partial charge in [-0.25, -0.2) is 4.79 Å². The monoisotopic (exact) mass is 180 g/mol. The Balaban J connectivity index is 3.19. The zero-order chi connectivity index (χ0) is 9.84. The van der Waals surface area contributed by atoms with E-state index in [1.807, 2.05) is 0 Å². The molecule has 0 bridgehead atoms. The van der Waals surface area contributed by atoms with Gasteiger partial charge in [0.15, 0.2) is 0 Å². The van der Waals surface area contributed by atoms with Gasteiger partial charge >= 0.3 is 5.97 Å². The molecule has 1 aromatic rings. The first-order valence-electron chi connectivity index (χ1n) is 3.36. The predicted octanol–water partition coefficient (Wildman–Crippen LogP) is 1.54. The van der Waals surface area contributed by atoms with Gasteiger partial charge in [0.2, 0.25) is 0 Å². The first-order chi connectivity index (χ1) is 6.16. The number of nitro groups is 1. The van der Waals surface area contributed by atoms with Crippen molar-refractivity contribution in [2.75, 3.05) is 0 Å². The van der Waals surface area contributed by atoms with Gasteiger partial charge in [0.1, 0.15) is 12.7 Å². The molecule has 0 saturated carbocycles. The van der Waals surface area contributed by atoms with Crippen molar-refractivity contribution in [3.05, 3.63) is 47.1 Å². The summed E-state index contributed by atoms with van der Waals surface area (Å²) >= 11 is 0. The minimum Gasteiger partial charge on any atom is -0.458 e. The highest BCUT2D eigenvalue weighted by Gasteiger charge is 2.18. The first kappa shape index (κ1) is 9.18. The number of esters is 1. The Hall–Kier alpha value is -1.91. The zero-order valence-electron chi connectivity index (χ0n) is 6.60. The lowest BCUT2D eigenvalue weighted by Crippen LogP contribution is -2.04. The maximum Gasteiger partial charge on any atom is 0.345 e. The van der Waals surface area contributed by atoms with Crippen molar-refractivity contribution < 1.29 is 14.5 Å². The third kappa shape index (κ3) is 1.81. The Morgan fingerprint density at radius 2 is 2.08 bits per heavy atom. The van der Waals surface area contributed by atoms with Gasteiger partial charge < -0.3 is 4.74 Å². The number of ether oxygens (including phenoxy) is 1. The van der Waals surface area contributed by atoms with Gasteiger partial charge in [-0.2, -0.15) is 0 Å². The minimum absolute atomic E-state index is 0.0949. The van der Waals surface area contributed by atoms with Crippen LogP contribution in [0.3, 0.4) is 0 Å². The van der Waals surface area contributed by atoms with Crippen LogP contribution >= 0.6 is 0 Å². The van der Waals surface area contributed by atoms with Crippen LogP contribution in [0, 0.1) is 17.2 Å². The van der Waals surface area contributed by atoms with E-state index in [2.05, 4.69) is 11.8 Å². The second-order valence-corrected chi connectivity index (χ2v) is 2.21. The molecule has 0 N–H and O–H groups in total. The predicted molar refractivity (Wildman–Crippen MR) is 43.9 cm³/mol. The second kappa shape index (κ2) is 3.66. The molecule has 1 radical (unpaired) electrons. The van der Waals surface area contributed by atoms with E-state index in [1.165, 1.54) is 24.3 Å². The van der Waals surface area contributed by atoms with Gasteiger partial charge in [-0.1, -0.05) is 12.1 Å². The molecule has 1 rings (SSSR count). The molecule has 5 nitrogen and oxygen atoms in total. The Morgan fingerprint density at radius 1 is 1.46 bits per heavy atom. The van der Waals surface area contributed by atoms with Crippen LogP contribution < -0.4 is 0 Å². The molecular weight excluding hydrogens is 174 g/mol. The van der Waals surface area contributed by atoms with Crippen molar-refractivity contribution in [3.8, 4) is 0 Å². The topological polar surface area (TPSA) is 69.4 Å². The number of para-hydroxylation sites is 1. The van der Waals surface area contributed by atoms with Crippen molar-refractivity contribution in [3.63, 3.8) is 0 Å². The third-order valence-electron chi connectivity index (χ3n) is 1.45. The van der Waals surface area contributed by atoms with Gasteiger partial charge in [-0.05, 0) is 6.07 Å². The second-order valence-electron chi connectivity index (χ2n) is 2.21. The van der Waals surface area contributed by atoms with Crippen molar-refractivity contribution in [2.24, 2.45) is 0 Å². The average molecular weight is 180 g/mol. The Kier molecular flexibility index (Phi) is 2.59. The zero-order valence-corrected chi connectivity index (χ0v) is 6.60. The largest absolute Gasteiger partial charge is 0.458 e. The highest BCUT2D eigenvalue weighted by molar-refractivity contribution is 5.93. The van der Waals surface area contributed by atoms with E-state index in [9.17, 15) is 14.9 Å². The van der Waals surface area contributed by atoms with Crippen LogP contribution in [0.25, 0.3) is 0 Å². The maximum atomic E-state index is 10.9. The van der Waals surface area contributed by atoms with Crippen LogP contribution in [0.4, 0.5) is 5.69 Å². The fourth-order valence-electron chi connectivity index (χ4n) is 0.883. The van der Waals surface area contributed by atoms with Gasteiger partial charge in [0.05, 0.1) is 4.92 Å². The van der Waals surface area contributed by atoms with Crippen LogP contribution in [0.2, 0.25) is 0 Å². The van der Waals surface area contributed by atoms with Gasteiger partial charge in [0.25, 0.3) is 5.69 Å². The molecule has 0 amide bonds. The van der Waals surface area contributed by atoms with Gasteiger partial charge in [-0.15, -0.1) is 0 Å². The van der Waals surface area contributed by atoms with E-state index < -0.39 is 10.9 Å². The number of nitro benzene ring substituents is 1. The summed E-state index contributed by atoms with van der Waals surface area (Å²) in [5.41, 5.74) is -0.376. The maximum absolute atomic E-state index is 10.9. The highest BCUT2D eigenvalue weighted by Crippen LogP contribution is 2.17. The number of hydrogen-bond acceptors (Lipinski definition) is 4. The van der Waals surface area contributed by atoms with Crippen molar-refractivity contribution >= 4 is 11.7 Å². The molecule has 0 aromatic heterocycles. The van der Waals surface area contributed by atoms with E-state index in [0.29, 0.717) is 0 Å². The van der Waals surface area contributed by atoms with E-state index in [-0.39, 0.29) is 11.3 Å². The number of hydrogen-bond donors (Lipinski definition) is 0. The van der Waals surface area contributed by atoms with Crippen molar-refractivity contribution in [1.29, 1.82) is 0 Å². The van der Waals surface area contributed by atoms with Crippen LogP contribution in [0.15, 0.2) is 24.3 Å². The highest BCUT2D eigenvalue weighted by atomic mass is 16.6. The number of rotatable bonds is 2. The smallest absolute Gasteiger partial charge is 0.345 e. The quantitative estimate of drug-likeness (QED) is 0.393. The molecule has 0 fully saturated rings. The van der Waals surface area contributed by atoms with Crippen LogP contribution in [0.5, 0.6) is 0 Å². The molecule has 0 spiro atoms. The molecule has 1 aromatic carbocycles. The number of carbonyl (C=O) groups is 1. The lowest BCUT2D eigenvalue weighted by atomic mass is 10.2. The van der Waals surface area contributed by atoms with Crippen molar-refractivity contribution in [2.45, 2.75) is 0 Å². The Labute approximate surface area is 74.1 Å². The van der Waals surface area contributed by atoms with Gasteiger partial charge in [0, 0.05) is 6.07 Å². The summed E-state index contributed by atoms with van der Waals surface area (Å²) in [6, 6.07) is 5.52. The Morgan fingerprint density at radius 3 is 2.62 bits per heavy atom. The molecule has 13 heavy (non-hydrogen) atoms. The normalized spacial score (nSPS) is 9.31. The summed E-state index contributed by atoms with van der Waals surface area (Å²) in [6.07, 6.45) is 0. The van der Waals surface area contributed by atoms with Crippen molar-refractivity contribution in [1.82, 2.24) is 0 Å². The van der Waals surface area contributed by atoms with E-state index in [4.69, 9.17) is 0 Å². The minimum atomic E-state index is -0.813. The number of benzene rings is 1. The SMILES string of the molecule is [CH2]OC(=O)c1ccccc1[N+](=O)[O-]. The molecule has 0 heterocycles. The molecule has 0 unspecified atom stereocenters. The van der Waals surface area contributed by atoms with Gasteiger partial charge in [-0.3, -0.25) is 10.1 Å². The molecule has 0 aliphatic carbocycles. The standard InChI is InChI=1S/C8H6NO4/c1-13-8(10)6-4-2-3-5-7(6)9(11)12/h2-5H,1H2. The first-order valence-corrected chi connectivity index (χ1v) is 3.36. The molecule has 67 valence electrons. The molecule has 0 saturated heterocycles. The summed E-state index contributed by atoms with van der Waals surface area (Å²) in [6.45, 7) is 0. The molecule has 0 aliphatic heterocycles. The van der Waals surface area contributed by atoms with E-state index in [0.717, 1.165) is 0 Å². The number of carbonyl (C=O) groups excluding carboxylic acids is 1. The fourth-order valence-corrected chi connectivity index (χ4v) is 0.883. The van der Waals surface area contributed by atoms with Crippen LogP contribution in [0.1, 0.15) is 10.4 Å². The average Bonchev–Trinajstić information content (AvgIpc) is 2.16. The number of nitrogens with zero attached hydrogens (tertiary/aromatic N) is 1. The molecular formula is C8H6NO4. The lowest BCUT2D eigenvalue weighted by Gasteiger charge is -1.98. The molecule has 0 atom stereocenters. The molecule has 0 aliphatic rings. The summed E-state index contributed by atoms with van der Waals surface area (Å²) < 4.78 is 4.13. The summed E-state index contributed by atoms with van der Waals surface area (Å²) in [5, 5.41) is 10.4. The third-order valence-corrected chi connectivity index (χ3v) is 1.45. The van der Waals surface area contributed by atoms with Crippen LogP contribution in [-0.2, 0) is 4.74 Å². The fraction of sp³-hybridized carbons (Fsp3) is 0. The molecule has 5 heteroatoms.